The maximum absolute atomic E-state index is 11.6. The summed E-state index contributed by atoms with van der Waals surface area (Å²) in [7, 11) is 0. The Bertz CT molecular complexity index is 200. The van der Waals surface area contributed by atoms with Crippen molar-refractivity contribution >= 4 is 12.1 Å². The second kappa shape index (κ2) is 5.88. The van der Waals surface area contributed by atoms with Crippen LogP contribution in [0.25, 0.3) is 0 Å². The summed E-state index contributed by atoms with van der Waals surface area (Å²) < 4.78 is 0. The van der Waals surface area contributed by atoms with Crippen molar-refractivity contribution < 1.29 is 14.7 Å². The maximum atomic E-state index is 11.6. The van der Waals surface area contributed by atoms with E-state index in [1.54, 1.807) is 13.8 Å². The van der Waals surface area contributed by atoms with Crippen LogP contribution in [-0.2, 0) is 9.59 Å². The highest BCUT2D eigenvalue weighted by Gasteiger charge is 2.34. The topological polar surface area (TPSA) is 80.4 Å². The number of hydrogen-bond donors (Lipinski definition) is 2. The van der Waals surface area contributed by atoms with Gasteiger partial charge in [0, 0.05) is 6.42 Å². The van der Waals surface area contributed by atoms with Crippen molar-refractivity contribution in [1.29, 1.82) is 0 Å². The fourth-order valence-electron chi connectivity index (χ4n) is 1.32. The molecule has 0 aromatic heterocycles. The molecule has 0 saturated carbocycles. The minimum absolute atomic E-state index is 0.260. The highest BCUT2D eigenvalue weighted by molar-refractivity contribution is 5.91. The van der Waals surface area contributed by atoms with E-state index in [4.69, 9.17) is 5.73 Å². The maximum Gasteiger partial charge on any atom is 0.180 e. The quantitative estimate of drug-likeness (QED) is 0.585. The molecule has 14 heavy (non-hydrogen) atoms. The fourth-order valence-corrected chi connectivity index (χ4v) is 1.32. The molecule has 0 aliphatic carbocycles. The van der Waals surface area contributed by atoms with Gasteiger partial charge in [-0.3, -0.25) is 4.79 Å². The Balaban J connectivity index is 4.34. The molecule has 3 N–H and O–H groups in total. The summed E-state index contributed by atoms with van der Waals surface area (Å²) in [4.78, 5) is 21.7. The van der Waals surface area contributed by atoms with Gasteiger partial charge >= 0.3 is 0 Å². The van der Waals surface area contributed by atoms with Crippen molar-refractivity contribution in [3.05, 3.63) is 0 Å². The second-order valence-corrected chi connectivity index (χ2v) is 3.45. The summed E-state index contributed by atoms with van der Waals surface area (Å²) in [6.45, 7) is 3.49. The lowest BCUT2D eigenvalue weighted by molar-refractivity contribution is -0.139. The molecule has 0 fully saturated rings. The van der Waals surface area contributed by atoms with Crippen LogP contribution in [0.15, 0.2) is 0 Å². The largest absolute Gasteiger partial charge is 0.382 e. The second-order valence-electron chi connectivity index (χ2n) is 3.45. The van der Waals surface area contributed by atoms with Crippen LogP contribution in [-0.4, -0.2) is 28.8 Å². The molecule has 0 aromatic rings. The monoisotopic (exact) mass is 201 g/mol. The molecule has 0 saturated heterocycles. The Morgan fingerprint density at radius 2 is 2.00 bits per heavy atom. The van der Waals surface area contributed by atoms with E-state index in [2.05, 4.69) is 0 Å². The number of aliphatic hydroxyl groups is 1. The predicted octanol–water partition coefficient (Wildman–Crippen LogP) is 0.413. The van der Waals surface area contributed by atoms with Gasteiger partial charge in [-0.05, 0) is 19.3 Å². The number of aldehydes is 1. The number of rotatable bonds is 7. The summed E-state index contributed by atoms with van der Waals surface area (Å²) in [5.41, 5.74) is 4.25. The highest BCUT2D eigenvalue weighted by atomic mass is 16.3. The molecule has 0 aromatic carbocycles. The SMILES string of the molecule is CCC(O)(CC)C(=O)C(N)CCC=O. The van der Waals surface area contributed by atoms with E-state index in [9.17, 15) is 14.7 Å². The lowest BCUT2D eigenvalue weighted by Gasteiger charge is -2.26. The smallest absolute Gasteiger partial charge is 0.180 e. The Morgan fingerprint density at radius 1 is 1.50 bits per heavy atom. The molecular weight excluding hydrogens is 182 g/mol. The van der Waals surface area contributed by atoms with Gasteiger partial charge in [0.2, 0.25) is 0 Å². The number of carbonyl (C=O) groups is 2. The van der Waals surface area contributed by atoms with E-state index in [1.165, 1.54) is 0 Å². The van der Waals surface area contributed by atoms with Gasteiger partial charge < -0.3 is 15.6 Å². The third kappa shape index (κ3) is 3.20. The standard InChI is InChI=1S/C10H19NO3/c1-3-10(14,4-2)9(13)8(11)6-5-7-12/h7-8,14H,3-6,11H2,1-2H3. The van der Waals surface area contributed by atoms with E-state index < -0.39 is 11.6 Å². The molecule has 0 aliphatic heterocycles. The lowest BCUT2D eigenvalue weighted by Crippen LogP contribution is -2.47. The van der Waals surface area contributed by atoms with Crippen molar-refractivity contribution in [1.82, 2.24) is 0 Å². The Morgan fingerprint density at radius 3 is 2.36 bits per heavy atom. The van der Waals surface area contributed by atoms with Gasteiger partial charge in [-0.2, -0.15) is 0 Å². The first kappa shape index (κ1) is 13.3. The molecule has 0 amide bonds. The van der Waals surface area contributed by atoms with E-state index in [1.807, 2.05) is 0 Å². The summed E-state index contributed by atoms with van der Waals surface area (Å²) >= 11 is 0. The summed E-state index contributed by atoms with van der Waals surface area (Å²) in [6, 6.07) is -0.731. The van der Waals surface area contributed by atoms with Gasteiger partial charge in [0.15, 0.2) is 5.78 Å². The van der Waals surface area contributed by atoms with Crippen LogP contribution in [0, 0.1) is 0 Å². The van der Waals surface area contributed by atoms with E-state index in [0.717, 1.165) is 6.29 Å². The van der Waals surface area contributed by atoms with E-state index in [-0.39, 0.29) is 12.2 Å². The minimum atomic E-state index is -1.32. The molecule has 0 radical (unpaired) electrons. The summed E-state index contributed by atoms with van der Waals surface area (Å²) in [6.07, 6.45) is 2.01. The van der Waals surface area contributed by atoms with Crippen LogP contribution in [0.3, 0.4) is 0 Å². The Labute approximate surface area is 84.5 Å². The van der Waals surface area contributed by atoms with Crippen molar-refractivity contribution in [2.75, 3.05) is 0 Å². The first-order valence-corrected chi connectivity index (χ1v) is 4.97. The van der Waals surface area contributed by atoms with Crippen LogP contribution >= 0.6 is 0 Å². The van der Waals surface area contributed by atoms with Gasteiger partial charge in [0.05, 0.1) is 6.04 Å². The number of nitrogens with two attached hydrogens (primary N) is 1. The van der Waals surface area contributed by atoms with Crippen LogP contribution in [0.5, 0.6) is 0 Å². The average molecular weight is 201 g/mol. The van der Waals surface area contributed by atoms with Gasteiger partial charge in [-0.1, -0.05) is 13.8 Å². The zero-order valence-electron chi connectivity index (χ0n) is 8.82. The summed E-state index contributed by atoms with van der Waals surface area (Å²) in [5.74, 6) is -0.357. The average Bonchev–Trinajstić information content (AvgIpc) is 2.23. The highest BCUT2D eigenvalue weighted by Crippen LogP contribution is 2.18. The molecule has 0 bridgehead atoms. The third-order valence-corrected chi connectivity index (χ3v) is 2.56. The van der Waals surface area contributed by atoms with Gasteiger partial charge in [0.1, 0.15) is 11.9 Å². The predicted molar refractivity (Wildman–Crippen MR) is 53.8 cm³/mol. The molecular formula is C10H19NO3. The molecule has 4 nitrogen and oxygen atoms in total. The zero-order valence-corrected chi connectivity index (χ0v) is 8.82. The Hall–Kier alpha value is -0.740. The van der Waals surface area contributed by atoms with E-state index >= 15 is 0 Å². The number of carbonyl (C=O) groups excluding carboxylic acids is 2. The zero-order chi connectivity index (χ0) is 11.2. The number of ketones is 1. The van der Waals surface area contributed by atoms with Crippen molar-refractivity contribution in [3.8, 4) is 0 Å². The number of Topliss-reactive ketones (excluding diaryl/α,β-unsaturated/α-hetero) is 1. The molecule has 0 aliphatic rings. The normalized spacial score (nSPS) is 13.7. The van der Waals surface area contributed by atoms with Crippen LogP contribution < -0.4 is 5.73 Å². The molecule has 4 heteroatoms. The number of hydrogen-bond acceptors (Lipinski definition) is 4. The fraction of sp³-hybridized carbons (Fsp3) is 0.800. The van der Waals surface area contributed by atoms with Crippen molar-refractivity contribution in [3.63, 3.8) is 0 Å². The van der Waals surface area contributed by atoms with Crippen LogP contribution in [0.2, 0.25) is 0 Å². The Kier molecular flexibility index (Phi) is 5.57. The molecule has 82 valence electrons. The summed E-state index contributed by atoms with van der Waals surface area (Å²) in [5, 5.41) is 9.85. The minimum Gasteiger partial charge on any atom is -0.382 e. The van der Waals surface area contributed by atoms with Crippen LogP contribution in [0.4, 0.5) is 0 Å². The van der Waals surface area contributed by atoms with Gasteiger partial charge in [0.25, 0.3) is 0 Å². The lowest BCUT2D eigenvalue weighted by atomic mass is 9.87. The third-order valence-electron chi connectivity index (χ3n) is 2.56. The first-order chi connectivity index (χ1) is 6.51. The van der Waals surface area contributed by atoms with Crippen molar-refractivity contribution in [2.45, 2.75) is 51.2 Å². The molecule has 0 rings (SSSR count). The molecule has 1 atom stereocenters. The first-order valence-electron chi connectivity index (χ1n) is 4.97. The molecule has 1 unspecified atom stereocenters. The van der Waals surface area contributed by atoms with Gasteiger partial charge in [-0.15, -0.1) is 0 Å². The molecule has 0 spiro atoms. The van der Waals surface area contributed by atoms with E-state index in [0.29, 0.717) is 19.3 Å². The molecule has 0 heterocycles. The van der Waals surface area contributed by atoms with Crippen LogP contribution in [0.1, 0.15) is 39.5 Å². The van der Waals surface area contributed by atoms with Crippen molar-refractivity contribution in [2.24, 2.45) is 5.73 Å². The van der Waals surface area contributed by atoms with Gasteiger partial charge in [-0.25, -0.2) is 0 Å².